The average molecular weight is 638 g/mol. The van der Waals surface area contributed by atoms with Crippen LogP contribution in [0.3, 0.4) is 0 Å². The van der Waals surface area contributed by atoms with E-state index < -0.39 is 53.7 Å². The van der Waals surface area contributed by atoms with Crippen molar-refractivity contribution in [3.05, 3.63) is 92.9 Å². The first-order valence-corrected chi connectivity index (χ1v) is 15.8. The Balaban J connectivity index is 1.37. The van der Waals surface area contributed by atoms with Gasteiger partial charge in [-0.3, -0.25) is 19.3 Å². The summed E-state index contributed by atoms with van der Waals surface area (Å²) in [5.41, 5.74) is 1.000. The number of piperidine rings is 1. The molecule has 0 saturated carbocycles. The standard InChI is InChI=1S/C32H29F2N3O7S/c1-41-31(40)43-16-42-28-24(38)7-10-36-27(28)30(39)35-11-9-32-8-6-18(44-32)13-21(32)29(35)37(36)26-19-4-2-3-5-25(19)45-15-17-12-22(33)23(34)14-20(17)26/h2-5,7,10,12,14,18,21,26,29H,6,8-9,11,13,15-16H2,1H3/t18-,21+,26+,29+,32-/m0/s1. The van der Waals surface area contributed by atoms with Gasteiger partial charge < -0.3 is 23.8 Å². The molecule has 3 fully saturated rings. The largest absolute Gasteiger partial charge is 0.510 e. The van der Waals surface area contributed by atoms with Gasteiger partial charge in [-0.2, -0.15) is 0 Å². The Morgan fingerprint density at radius 3 is 2.76 bits per heavy atom. The van der Waals surface area contributed by atoms with E-state index in [1.165, 1.54) is 36.2 Å². The van der Waals surface area contributed by atoms with Gasteiger partial charge in [-0.25, -0.2) is 13.6 Å². The lowest BCUT2D eigenvalue weighted by atomic mass is 9.71. The predicted octanol–water partition coefficient (Wildman–Crippen LogP) is 4.70. The molecule has 6 heterocycles. The molecule has 8 rings (SSSR count). The highest BCUT2D eigenvalue weighted by Crippen LogP contribution is 2.57. The number of aromatic nitrogens is 1. The van der Waals surface area contributed by atoms with Gasteiger partial charge in [-0.15, -0.1) is 11.8 Å². The molecule has 5 aliphatic heterocycles. The number of amides is 1. The van der Waals surface area contributed by atoms with Crippen LogP contribution in [0.2, 0.25) is 0 Å². The minimum absolute atomic E-state index is 0.0502. The molecule has 234 valence electrons. The molecular formula is C32H29F2N3O7S. The second kappa shape index (κ2) is 10.5. The number of carbonyl (C=O) groups is 2. The number of benzene rings is 2. The quantitative estimate of drug-likeness (QED) is 0.298. The molecule has 1 amide bonds. The second-order valence-corrected chi connectivity index (χ2v) is 13.0. The molecule has 3 aromatic rings. The van der Waals surface area contributed by atoms with Crippen molar-refractivity contribution in [1.82, 2.24) is 9.58 Å². The highest BCUT2D eigenvalue weighted by molar-refractivity contribution is 7.98. The summed E-state index contributed by atoms with van der Waals surface area (Å²) in [5.74, 6) is -2.28. The zero-order chi connectivity index (χ0) is 31.0. The van der Waals surface area contributed by atoms with Crippen molar-refractivity contribution in [3.8, 4) is 5.75 Å². The fourth-order valence-electron chi connectivity index (χ4n) is 7.96. The molecule has 1 aromatic heterocycles. The van der Waals surface area contributed by atoms with Gasteiger partial charge in [-0.1, -0.05) is 18.2 Å². The lowest BCUT2D eigenvalue weighted by molar-refractivity contribution is -0.0758. The van der Waals surface area contributed by atoms with Crippen LogP contribution in [0, 0.1) is 17.6 Å². The van der Waals surface area contributed by atoms with Gasteiger partial charge in [0.25, 0.3) is 5.91 Å². The van der Waals surface area contributed by atoms with Crippen molar-refractivity contribution in [2.24, 2.45) is 5.92 Å². The molecule has 2 aromatic carbocycles. The molecule has 2 bridgehead atoms. The van der Waals surface area contributed by atoms with Crippen LogP contribution < -0.4 is 15.2 Å². The summed E-state index contributed by atoms with van der Waals surface area (Å²) in [6.45, 7) is -0.300. The third-order valence-corrected chi connectivity index (χ3v) is 11.0. The van der Waals surface area contributed by atoms with E-state index in [1.807, 2.05) is 29.3 Å². The first-order valence-electron chi connectivity index (χ1n) is 14.9. The average Bonchev–Trinajstić information content (AvgIpc) is 3.58. The van der Waals surface area contributed by atoms with E-state index in [9.17, 15) is 18.8 Å². The molecule has 10 nitrogen and oxygen atoms in total. The van der Waals surface area contributed by atoms with Crippen LogP contribution in [-0.4, -0.2) is 60.0 Å². The van der Waals surface area contributed by atoms with Crippen LogP contribution in [0.15, 0.2) is 58.4 Å². The molecular weight excluding hydrogens is 608 g/mol. The van der Waals surface area contributed by atoms with Gasteiger partial charge in [0.2, 0.25) is 18.0 Å². The number of hydrogen-bond acceptors (Lipinski definition) is 9. The molecule has 5 aliphatic rings. The zero-order valence-corrected chi connectivity index (χ0v) is 25.1. The van der Waals surface area contributed by atoms with E-state index in [1.54, 1.807) is 9.58 Å². The molecule has 0 unspecified atom stereocenters. The fourth-order valence-corrected chi connectivity index (χ4v) is 9.05. The predicted molar refractivity (Wildman–Crippen MR) is 156 cm³/mol. The van der Waals surface area contributed by atoms with Gasteiger partial charge in [-0.05, 0) is 60.6 Å². The van der Waals surface area contributed by atoms with E-state index in [4.69, 9.17) is 14.2 Å². The summed E-state index contributed by atoms with van der Waals surface area (Å²) in [5, 5.41) is 2.01. The van der Waals surface area contributed by atoms with Crippen LogP contribution in [-0.2, 0) is 20.0 Å². The minimum atomic E-state index is -1.01. The second-order valence-electron chi connectivity index (χ2n) is 12.0. The number of nitrogens with zero attached hydrogens (tertiary/aromatic N) is 3. The van der Waals surface area contributed by atoms with Crippen molar-refractivity contribution < 1.29 is 37.3 Å². The lowest BCUT2D eigenvalue weighted by Gasteiger charge is -2.57. The highest BCUT2D eigenvalue weighted by atomic mass is 32.2. The summed E-state index contributed by atoms with van der Waals surface area (Å²) < 4.78 is 53.1. The SMILES string of the molecule is COC(=O)OCOc1c2n(ccc1=O)N([C@H]1c3cc(F)c(F)cc3CSc3ccccc31)[C@@H]1[C@H]3C[C@@H]4CC[C@@]3(CCN1C2=O)O4. The van der Waals surface area contributed by atoms with Gasteiger partial charge in [0, 0.05) is 35.4 Å². The molecule has 5 atom stereocenters. The Bertz CT molecular complexity index is 1800. The number of hydrogen-bond donors (Lipinski definition) is 0. The molecule has 0 aliphatic carbocycles. The molecule has 13 heteroatoms. The monoisotopic (exact) mass is 637 g/mol. The zero-order valence-electron chi connectivity index (χ0n) is 24.2. The molecule has 0 radical (unpaired) electrons. The van der Waals surface area contributed by atoms with E-state index in [-0.39, 0.29) is 23.5 Å². The fraction of sp³-hybridized carbons (Fsp3) is 0.406. The summed E-state index contributed by atoms with van der Waals surface area (Å²) in [6, 6.07) is 10.9. The van der Waals surface area contributed by atoms with E-state index in [2.05, 4.69) is 4.74 Å². The first-order chi connectivity index (χ1) is 21.8. The Morgan fingerprint density at radius 2 is 1.93 bits per heavy atom. The van der Waals surface area contributed by atoms with Crippen LogP contribution in [0.1, 0.15) is 58.9 Å². The number of carbonyl (C=O) groups excluding carboxylic acids is 2. The first kappa shape index (κ1) is 28.4. The van der Waals surface area contributed by atoms with E-state index >= 15 is 4.39 Å². The number of ether oxygens (including phenoxy) is 4. The number of halogens is 2. The van der Waals surface area contributed by atoms with Crippen LogP contribution in [0.5, 0.6) is 5.75 Å². The number of thioether (sulfide) groups is 1. The summed E-state index contributed by atoms with van der Waals surface area (Å²) >= 11 is 1.53. The maximum atomic E-state index is 15.1. The number of fused-ring (bicyclic) bond motifs is 6. The topological polar surface area (TPSA) is 99.5 Å². The minimum Gasteiger partial charge on any atom is -0.451 e. The third-order valence-electron chi connectivity index (χ3n) is 9.84. The Kier molecular flexibility index (Phi) is 6.61. The summed E-state index contributed by atoms with van der Waals surface area (Å²) in [6.07, 6.45) is 3.26. The lowest BCUT2D eigenvalue weighted by Crippen LogP contribution is -2.70. The highest BCUT2D eigenvalue weighted by Gasteiger charge is 2.63. The van der Waals surface area contributed by atoms with Crippen molar-refractivity contribution in [3.63, 3.8) is 0 Å². The molecule has 0 N–H and O–H groups in total. The van der Waals surface area contributed by atoms with Gasteiger partial charge in [0.1, 0.15) is 6.17 Å². The van der Waals surface area contributed by atoms with Gasteiger partial charge >= 0.3 is 6.16 Å². The Morgan fingerprint density at radius 1 is 1.11 bits per heavy atom. The van der Waals surface area contributed by atoms with E-state index in [0.29, 0.717) is 29.8 Å². The van der Waals surface area contributed by atoms with Crippen molar-refractivity contribution >= 4 is 23.8 Å². The van der Waals surface area contributed by atoms with Crippen molar-refractivity contribution in [2.75, 3.05) is 25.5 Å². The van der Waals surface area contributed by atoms with Crippen LogP contribution >= 0.6 is 11.8 Å². The molecule has 1 spiro atoms. The third kappa shape index (κ3) is 4.27. The Labute approximate surface area is 260 Å². The summed E-state index contributed by atoms with van der Waals surface area (Å²) in [4.78, 5) is 42.0. The normalized spacial score (nSPS) is 27.5. The van der Waals surface area contributed by atoms with E-state index in [0.717, 1.165) is 36.8 Å². The van der Waals surface area contributed by atoms with Gasteiger partial charge in [0.05, 0.1) is 24.9 Å². The Hall–Kier alpha value is -4.10. The van der Waals surface area contributed by atoms with Crippen LogP contribution in [0.4, 0.5) is 13.6 Å². The summed E-state index contributed by atoms with van der Waals surface area (Å²) in [7, 11) is 1.14. The smallest absolute Gasteiger partial charge is 0.451 e. The van der Waals surface area contributed by atoms with Crippen molar-refractivity contribution in [1.29, 1.82) is 0 Å². The molecule has 45 heavy (non-hydrogen) atoms. The number of methoxy groups -OCH3 is 1. The maximum Gasteiger partial charge on any atom is 0.510 e. The van der Waals surface area contributed by atoms with Crippen molar-refractivity contribution in [2.45, 2.75) is 60.2 Å². The molecule has 3 saturated heterocycles. The van der Waals surface area contributed by atoms with Crippen LogP contribution in [0.25, 0.3) is 0 Å². The maximum absolute atomic E-state index is 15.1. The number of pyridine rings is 1. The number of rotatable bonds is 4. The van der Waals surface area contributed by atoms with Gasteiger partial charge in [0.15, 0.2) is 17.3 Å².